The largest absolute Gasteiger partial charge is 0.365 e. The highest BCUT2D eigenvalue weighted by atomic mass is 15.1. The van der Waals surface area contributed by atoms with Crippen LogP contribution in [0.15, 0.2) is 30.3 Å². The van der Waals surface area contributed by atoms with Crippen LogP contribution >= 0.6 is 0 Å². The van der Waals surface area contributed by atoms with Gasteiger partial charge in [0.05, 0.1) is 6.04 Å². The van der Waals surface area contributed by atoms with Crippen molar-refractivity contribution in [2.24, 2.45) is 5.73 Å². The predicted molar refractivity (Wildman–Crippen MR) is 59.5 cm³/mol. The molecule has 3 nitrogen and oxygen atoms in total. The molecule has 0 saturated heterocycles. The van der Waals surface area contributed by atoms with Crippen LogP contribution in [-0.4, -0.2) is 30.9 Å². The maximum absolute atomic E-state index is 7.70. The van der Waals surface area contributed by atoms with Crippen LogP contribution in [0.1, 0.15) is 5.56 Å². The molecule has 0 fully saturated rings. The van der Waals surface area contributed by atoms with Crippen LogP contribution in [0.2, 0.25) is 0 Å². The van der Waals surface area contributed by atoms with Gasteiger partial charge >= 0.3 is 0 Å². The molecule has 14 heavy (non-hydrogen) atoms. The first-order valence-corrected chi connectivity index (χ1v) is 4.66. The average Bonchev–Trinajstić information content (AvgIpc) is 2.18. The van der Waals surface area contributed by atoms with Gasteiger partial charge in [0.2, 0.25) is 0 Å². The first-order valence-electron chi connectivity index (χ1n) is 4.66. The number of rotatable bonds is 3. The zero-order valence-corrected chi connectivity index (χ0v) is 8.70. The Labute approximate surface area is 85.0 Å². The fourth-order valence-electron chi connectivity index (χ4n) is 1.30. The highest BCUT2D eigenvalue weighted by Crippen LogP contribution is 2.03. The molecular formula is C11H17N3. The first-order chi connectivity index (χ1) is 6.61. The second-order valence-electron chi connectivity index (χ2n) is 3.58. The molecule has 1 aromatic carbocycles. The van der Waals surface area contributed by atoms with E-state index in [1.807, 2.05) is 44.4 Å². The van der Waals surface area contributed by atoms with Crippen molar-refractivity contribution in [3.63, 3.8) is 0 Å². The number of benzene rings is 1. The van der Waals surface area contributed by atoms with Crippen molar-refractivity contribution < 1.29 is 0 Å². The van der Waals surface area contributed by atoms with Crippen LogP contribution < -0.4 is 5.73 Å². The Morgan fingerprint density at radius 1 is 1.36 bits per heavy atom. The molecule has 1 atom stereocenters. The first kappa shape index (κ1) is 10.7. The number of nitrogens with two attached hydrogens (primary N) is 1. The number of nitrogens with one attached hydrogen (secondary N) is 1. The van der Waals surface area contributed by atoms with Gasteiger partial charge in [0.25, 0.3) is 0 Å². The Balaban J connectivity index is 2.57. The second-order valence-corrected chi connectivity index (χ2v) is 3.58. The Morgan fingerprint density at radius 3 is 2.43 bits per heavy atom. The fourth-order valence-corrected chi connectivity index (χ4v) is 1.30. The van der Waals surface area contributed by atoms with E-state index in [1.165, 1.54) is 5.56 Å². The predicted octanol–water partition coefficient (Wildman–Crippen LogP) is 1.10. The van der Waals surface area contributed by atoms with Crippen molar-refractivity contribution >= 4 is 5.84 Å². The van der Waals surface area contributed by atoms with E-state index in [0.29, 0.717) is 5.84 Å². The van der Waals surface area contributed by atoms with Gasteiger partial charge in [-0.05, 0) is 12.0 Å². The molecule has 0 aromatic heterocycles. The third-order valence-corrected chi connectivity index (χ3v) is 2.13. The summed E-state index contributed by atoms with van der Waals surface area (Å²) in [7, 11) is 3.68. The van der Waals surface area contributed by atoms with Gasteiger partial charge < -0.3 is 10.6 Å². The molecule has 3 N–H and O–H groups in total. The van der Waals surface area contributed by atoms with Gasteiger partial charge in [-0.2, -0.15) is 0 Å². The van der Waals surface area contributed by atoms with E-state index in [2.05, 4.69) is 0 Å². The third-order valence-electron chi connectivity index (χ3n) is 2.13. The van der Waals surface area contributed by atoms with E-state index in [1.54, 1.807) is 4.90 Å². The quantitative estimate of drug-likeness (QED) is 0.555. The summed E-state index contributed by atoms with van der Waals surface area (Å²) in [5.41, 5.74) is 7.06. The molecule has 0 saturated carbocycles. The molecule has 1 rings (SSSR count). The summed E-state index contributed by atoms with van der Waals surface area (Å²) < 4.78 is 0. The minimum absolute atomic E-state index is 0.215. The molecule has 0 bridgehead atoms. The van der Waals surface area contributed by atoms with Gasteiger partial charge in [-0.15, -0.1) is 0 Å². The SMILES string of the molecule is CN(C)C(=N)C(N)Cc1ccccc1. The standard InChI is InChI=1S/C11H17N3/c1-14(2)11(13)10(12)8-9-6-4-3-5-7-9/h3-7,10,13H,8,12H2,1-2H3. The minimum Gasteiger partial charge on any atom is -0.365 e. The third kappa shape index (κ3) is 2.85. The second kappa shape index (κ2) is 4.77. The van der Waals surface area contributed by atoms with Crippen LogP contribution in [-0.2, 0) is 6.42 Å². The van der Waals surface area contributed by atoms with Gasteiger partial charge in [-0.1, -0.05) is 30.3 Å². The number of hydrogen-bond acceptors (Lipinski definition) is 2. The highest BCUT2D eigenvalue weighted by Gasteiger charge is 2.11. The van der Waals surface area contributed by atoms with E-state index in [0.717, 1.165) is 6.42 Å². The van der Waals surface area contributed by atoms with Crippen LogP contribution in [0.3, 0.4) is 0 Å². The van der Waals surface area contributed by atoms with Crippen molar-refractivity contribution in [2.45, 2.75) is 12.5 Å². The van der Waals surface area contributed by atoms with Crippen LogP contribution in [0.4, 0.5) is 0 Å². The van der Waals surface area contributed by atoms with Gasteiger partial charge in [-0.3, -0.25) is 5.41 Å². The van der Waals surface area contributed by atoms with Crippen LogP contribution in [0.25, 0.3) is 0 Å². The number of nitrogens with zero attached hydrogens (tertiary/aromatic N) is 1. The Hall–Kier alpha value is -1.35. The number of hydrogen-bond donors (Lipinski definition) is 2. The summed E-state index contributed by atoms with van der Waals surface area (Å²) in [5, 5.41) is 7.70. The fraction of sp³-hybridized carbons (Fsp3) is 0.364. The minimum atomic E-state index is -0.215. The number of amidine groups is 1. The lowest BCUT2D eigenvalue weighted by atomic mass is 10.1. The summed E-state index contributed by atoms with van der Waals surface area (Å²) in [4.78, 5) is 1.74. The lowest BCUT2D eigenvalue weighted by Gasteiger charge is -2.19. The molecular weight excluding hydrogens is 174 g/mol. The molecule has 3 heteroatoms. The zero-order chi connectivity index (χ0) is 10.6. The normalized spacial score (nSPS) is 12.2. The van der Waals surface area contributed by atoms with Crippen molar-refractivity contribution in [1.29, 1.82) is 5.41 Å². The number of likely N-dealkylation sites (N-methyl/N-ethyl adjacent to an activating group) is 1. The maximum Gasteiger partial charge on any atom is 0.113 e. The van der Waals surface area contributed by atoms with Crippen LogP contribution in [0.5, 0.6) is 0 Å². The summed E-state index contributed by atoms with van der Waals surface area (Å²) in [6.07, 6.45) is 0.720. The molecule has 1 unspecified atom stereocenters. The van der Waals surface area contributed by atoms with E-state index < -0.39 is 0 Å². The monoisotopic (exact) mass is 191 g/mol. The summed E-state index contributed by atoms with van der Waals surface area (Å²) in [5.74, 6) is 0.467. The topological polar surface area (TPSA) is 53.1 Å². The van der Waals surface area contributed by atoms with Crippen molar-refractivity contribution in [3.05, 3.63) is 35.9 Å². The Morgan fingerprint density at radius 2 is 1.93 bits per heavy atom. The lowest BCUT2D eigenvalue weighted by Crippen LogP contribution is -2.40. The van der Waals surface area contributed by atoms with E-state index >= 15 is 0 Å². The molecule has 0 radical (unpaired) electrons. The van der Waals surface area contributed by atoms with Gasteiger partial charge in [0.1, 0.15) is 5.84 Å². The molecule has 0 spiro atoms. The zero-order valence-electron chi connectivity index (χ0n) is 8.70. The molecule has 76 valence electrons. The summed E-state index contributed by atoms with van der Waals surface area (Å²) in [6.45, 7) is 0. The average molecular weight is 191 g/mol. The lowest BCUT2D eigenvalue weighted by molar-refractivity contribution is 0.576. The molecule has 0 heterocycles. The van der Waals surface area contributed by atoms with Gasteiger partial charge in [0.15, 0.2) is 0 Å². The summed E-state index contributed by atoms with van der Waals surface area (Å²) in [6, 6.07) is 9.80. The Bertz CT molecular complexity index is 293. The van der Waals surface area contributed by atoms with E-state index in [9.17, 15) is 0 Å². The van der Waals surface area contributed by atoms with Gasteiger partial charge in [0, 0.05) is 14.1 Å². The van der Waals surface area contributed by atoms with Crippen molar-refractivity contribution in [3.8, 4) is 0 Å². The molecule has 0 amide bonds. The molecule has 1 aromatic rings. The highest BCUT2D eigenvalue weighted by molar-refractivity contribution is 5.84. The van der Waals surface area contributed by atoms with Crippen LogP contribution in [0, 0.1) is 5.41 Å². The Kier molecular flexibility index (Phi) is 3.65. The molecule has 0 aliphatic heterocycles. The van der Waals surface area contributed by atoms with Crippen molar-refractivity contribution in [2.75, 3.05) is 14.1 Å². The van der Waals surface area contributed by atoms with Crippen molar-refractivity contribution in [1.82, 2.24) is 4.90 Å². The molecule has 0 aliphatic rings. The maximum atomic E-state index is 7.70. The van der Waals surface area contributed by atoms with E-state index in [-0.39, 0.29) is 6.04 Å². The smallest absolute Gasteiger partial charge is 0.113 e. The van der Waals surface area contributed by atoms with Gasteiger partial charge in [-0.25, -0.2) is 0 Å². The van der Waals surface area contributed by atoms with E-state index in [4.69, 9.17) is 11.1 Å². The molecule has 0 aliphatic carbocycles. The summed E-state index contributed by atoms with van der Waals surface area (Å²) >= 11 is 0.